The lowest BCUT2D eigenvalue weighted by Gasteiger charge is -2.45. The zero-order valence-electron chi connectivity index (χ0n) is 20.0. The summed E-state index contributed by atoms with van der Waals surface area (Å²) < 4.78 is 11.5. The summed E-state index contributed by atoms with van der Waals surface area (Å²) in [5.74, 6) is 0.655. The molecule has 0 aromatic carbocycles. The topological polar surface area (TPSA) is 110 Å². The molecule has 2 aromatic rings. The van der Waals surface area contributed by atoms with E-state index in [9.17, 15) is 5.11 Å². The fraction of sp³-hybridized carbons (Fsp3) is 0.600. The molecule has 4 N–H and O–H groups in total. The van der Waals surface area contributed by atoms with Crippen molar-refractivity contribution in [2.75, 3.05) is 26.3 Å². The lowest BCUT2D eigenvalue weighted by atomic mass is 9.65. The molecule has 5 rings (SSSR count). The molecule has 8 nitrogen and oxygen atoms in total. The number of nitrogens with two attached hydrogens (primary N) is 1. The Hall–Kier alpha value is -1.97. The van der Waals surface area contributed by atoms with Gasteiger partial charge in [-0.05, 0) is 36.3 Å². The van der Waals surface area contributed by atoms with Crippen molar-refractivity contribution in [1.29, 1.82) is 0 Å². The lowest BCUT2D eigenvalue weighted by molar-refractivity contribution is -0.0649. The first-order valence-corrected chi connectivity index (χ1v) is 12.5. The van der Waals surface area contributed by atoms with E-state index in [0.29, 0.717) is 34.6 Å². The molecular formula is C25H34ClN5O3. The van der Waals surface area contributed by atoms with E-state index < -0.39 is 6.23 Å². The summed E-state index contributed by atoms with van der Waals surface area (Å²) in [6, 6.07) is 2.67. The zero-order chi connectivity index (χ0) is 24.0. The van der Waals surface area contributed by atoms with Crippen LogP contribution in [0.2, 0.25) is 5.02 Å². The monoisotopic (exact) mass is 487 g/mol. The molecule has 1 saturated heterocycles. The molecule has 0 spiro atoms. The smallest absolute Gasteiger partial charge is 0.296 e. The van der Waals surface area contributed by atoms with Crippen LogP contribution in [-0.2, 0) is 4.74 Å². The van der Waals surface area contributed by atoms with Gasteiger partial charge < -0.3 is 25.3 Å². The van der Waals surface area contributed by atoms with E-state index in [2.05, 4.69) is 40.0 Å². The molecule has 184 valence electrons. The Morgan fingerprint density at radius 2 is 2.03 bits per heavy atom. The highest BCUT2D eigenvalue weighted by molar-refractivity contribution is 6.32. The van der Waals surface area contributed by atoms with E-state index in [1.807, 2.05) is 19.9 Å². The van der Waals surface area contributed by atoms with Crippen LogP contribution >= 0.6 is 11.6 Å². The molecule has 1 saturated carbocycles. The standard InChI is InChI=1S/C25H34ClN5O3/c1-14-10-15(4-5-20(14)31-6-8-33-9-7-31)21-18(26)13-19-22(29-21)30-24(28-19)34-17-11-16(12-17)25(2,3)23(27)32/h4-5,10,13-14,16-17,20,23,32H,6-9,11-12,27H2,1-3H3,(H,28,29,30)/t14?,16-,17+,20?,23?. The van der Waals surface area contributed by atoms with E-state index in [0.717, 1.165) is 55.9 Å². The molecule has 0 bridgehead atoms. The molecule has 3 heterocycles. The van der Waals surface area contributed by atoms with Crippen LogP contribution in [0.5, 0.6) is 6.01 Å². The molecule has 3 unspecified atom stereocenters. The highest BCUT2D eigenvalue weighted by Crippen LogP contribution is 2.44. The van der Waals surface area contributed by atoms with Gasteiger partial charge in [-0.2, -0.15) is 4.98 Å². The number of rotatable bonds is 6. The van der Waals surface area contributed by atoms with Crippen LogP contribution in [0.25, 0.3) is 16.7 Å². The number of fused-ring (bicyclic) bond motifs is 1. The second-order valence-electron chi connectivity index (χ2n) is 10.4. The summed E-state index contributed by atoms with van der Waals surface area (Å²) in [4.78, 5) is 15.0. The number of aliphatic hydroxyl groups is 1. The van der Waals surface area contributed by atoms with Gasteiger partial charge in [-0.15, -0.1) is 0 Å². The summed E-state index contributed by atoms with van der Waals surface area (Å²) >= 11 is 6.63. The van der Waals surface area contributed by atoms with Gasteiger partial charge in [-0.3, -0.25) is 4.90 Å². The number of nitrogens with one attached hydrogen (secondary N) is 1. The maximum absolute atomic E-state index is 9.82. The quantitative estimate of drug-likeness (QED) is 0.536. The molecule has 3 aliphatic rings. The number of H-pyrrole nitrogens is 1. The van der Waals surface area contributed by atoms with Gasteiger partial charge in [0.1, 0.15) is 12.3 Å². The van der Waals surface area contributed by atoms with Gasteiger partial charge in [0.15, 0.2) is 5.65 Å². The van der Waals surface area contributed by atoms with Crippen LogP contribution in [0, 0.1) is 17.3 Å². The minimum absolute atomic E-state index is 0.0421. The Balaban J connectivity index is 1.28. The van der Waals surface area contributed by atoms with Crippen molar-refractivity contribution >= 4 is 28.3 Å². The maximum atomic E-state index is 9.82. The number of halogens is 1. The zero-order valence-corrected chi connectivity index (χ0v) is 20.8. The summed E-state index contributed by atoms with van der Waals surface area (Å²) in [5.41, 5.74) is 8.47. The number of nitrogens with zero attached hydrogens (tertiary/aromatic N) is 3. The van der Waals surface area contributed by atoms with E-state index in [-0.39, 0.29) is 11.5 Å². The first-order chi connectivity index (χ1) is 16.2. The van der Waals surface area contributed by atoms with Crippen molar-refractivity contribution < 1.29 is 14.6 Å². The van der Waals surface area contributed by atoms with Crippen LogP contribution in [0.15, 0.2) is 24.3 Å². The van der Waals surface area contributed by atoms with Gasteiger partial charge >= 0.3 is 0 Å². The summed E-state index contributed by atoms with van der Waals surface area (Å²) in [6.45, 7) is 9.70. The third-order valence-corrected chi connectivity index (χ3v) is 8.08. The molecule has 9 heteroatoms. The van der Waals surface area contributed by atoms with Crippen molar-refractivity contribution in [3.05, 3.63) is 35.0 Å². The third-order valence-electron chi connectivity index (χ3n) is 7.79. The van der Waals surface area contributed by atoms with E-state index in [1.54, 1.807) is 0 Å². The number of ether oxygens (including phenoxy) is 2. The molecule has 0 amide bonds. The van der Waals surface area contributed by atoms with Crippen molar-refractivity contribution in [3.8, 4) is 6.01 Å². The van der Waals surface area contributed by atoms with Gasteiger partial charge in [0.2, 0.25) is 0 Å². The van der Waals surface area contributed by atoms with Gasteiger partial charge in [0.05, 0.1) is 29.4 Å². The summed E-state index contributed by atoms with van der Waals surface area (Å²) in [7, 11) is 0. The lowest BCUT2D eigenvalue weighted by Crippen LogP contribution is -2.50. The van der Waals surface area contributed by atoms with Crippen LogP contribution in [0.1, 0.15) is 39.3 Å². The number of pyridine rings is 1. The van der Waals surface area contributed by atoms with Crippen molar-refractivity contribution in [2.45, 2.75) is 52.0 Å². The highest BCUT2D eigenvalue weighted by Gasteiger charge is 2.44. The van der Waals surface area contributed by atoms with Crippen LogP contribution in [0.4, 0.5) is 0 Å². The first-order valence-electron chi connectivity index (χ1n) is 12.1. The number of aromatic nitrogens is 3. The van der Waals surface area contributed by atoms with E-state index in [1.165, 1.54) is 0 Å². The van der Waals surface area contributed by atoms with E-state index in [4.69, 9.17) is 31.8 Å². The SMILES string of the molecule is CC1C=C(c2nc3nc(O[C@H]4C[C@@H](C(C)(C)C(N)O)C4)[nH]c3cc2Cl)C=CC1N1CCOCC1. The first kappa shape index (κ1) is 23.8. The molecule has 34 heavy (non-hydrogen) atoms. The van der Waals surface area contributed by atoms with Crippen molar-refractivity contribution in [3.63, 3.8) is 0 Å². The number of hydrogen-bond acceptors (Lipinski definition) is 7. The second kappa shape index (κ2) is 9.24. The van der Waals surface area contributed by atoms with Crippen LogP contribution in [-0.4, -0.2) is 69.6 Å². The molecule has 2 aromatic heterocycles. The van der Waals surface area contributed by atoms with Crippen molar-refractivity contribution in [1.82, 2.24) is 19.9 Å². The Bertz CT molecular complexity index is 1100. The van der Waals surface area contributed by atoms with Crippen LogP contribution in [0.3, 0.4) is 0 Å². The number of aliphatic hydroxyl groups excluding tert-OH is 1. The van der Waals surface area contributed by atoms with Gasteiger partial charge in [-0.25, -0.2) is 4.98 Å². The predicted molar refractivity (Wildman–Crippen MR) is 132 cm³/mol. The summed E-state index contributed by atoms with van der Waals surface area (Å²) in [6.07, 6.45) is 7.47. The highest BCUT2D eigenvalue weighted by atomic mass is 35.5. The molecular weight excluding hydrogens is 454 g/mol. The number of allylic oxidation sites excluding steroid dienone is 2. The van der Waals surface area contributed by atoms with Crippen LogP contribution < -0.4 is 10.5 Å². The molecule has 3 atom stereocenters. The van der Waals surface area contributed by atoms with Gasteiger partial charge in [0, 0.05) is 24.5 Å². The van der Waals surface area contributed by atoms with Crippen molar-refractivity contribution in [2.24, 2.45) is 23.0 Å². The minimum Gasteiger partial charge on any atom is -0.461 e. The number of hydrogen-bond donors (Lipinski definition) is 3. The Morgan fingerprint density at radius 1 is 1.29 bits per heavy atom. The van der Waals surface area contributed by atoms with E-state index >= 15 is 0 Å². The largest absolute Gasteiger partial charge is 0.461 e. The Morgan fingerprint density at radius 3 is 2.71 bits per heavy atom. The molecule has 0 radical (unpaired) electrons. The second-order valence-corrected chi connectivity index (χ2v) is 10.8. The minimum atomic E-state index is -0.843. The average Bonchev–Trinajstić information content (AvgIpc) is 3.17. The Kier molecular flexibility index (Phi) is 6.46. The molecule has 1 aliphatic heterocycles. The molecule has 2 fully saturated rings. The predicted octanol–water partition coefficient (Wildman–Crippen LogP) is 3.36. The fourth-order valence-corrected chi connectivity index (χ4v) is 5.39. The van der Waals surface area contributed by atoms with Gasteiger partial charge in [-0.1, -0.05) is 50.6 Å². The Labute approximate surface area is 205 Å². The van der Waals surface area contributed by atoms with Gasteiger partial charge in [0.25, 0.3) is 6.01 Å². The average molecular weight is 488 g/mol. The number of imidazole rings is 1. The third kappa shape index (κ3) is 4.50. The maximum Gasteiger partial charge on any atom is 0.296 e. The molecule has 2 aliphatic carbocycles. The fourth-order valence-electron chi connectivity index (χ4n) is 5.13. The normalized spacial score (nSPS) is 29.1. The summed E-state index contributed by atoms with van der Waals surface area (Å²) in [5, 5.41) is 10.4. The number of aromatic amines is 1. The number of morpholine rings is 1.